The lowest BCUT2D eigenvalue weighted by atomic mass is 9.96. The number of nitrogens with zero attached hydrogens (tertiary/aromatic N) is 1. The molecule has 8 rings (SSSR count). The number of aryl methyl sites for hydroxylation is 1. The van der Waals surface area contributed by atoms with Crippen LogP contribution in [0.25, 0.3) is 47.5 Å². The number of anilines is 2. The molecule has 0 spiro atoms. The van der Waals surface area contributed by atoms with Gasteiger partial charge in [-0.2, -0.15) is 0 Å². The summed E-state index contributed by atoms with van der Waals surface area (Å²) in [5, 5.41) is 4.11. The van der Waals surface area contributed by atoms with Crippen LogP contribution >= 0.6 is 22.7 Å². The molecule has 0 bridgehead atoms. The number of hydrogen-bond acceptors (Lipinski definition) is 3. The van der Waals surface area contributed by atoms with Crippen LogP contribution in [0, 0.1) is 0 Å². The summed E-state index contributed by atoms with van der Waals surface area (Å²) in [6, 6.07) is 44.2. The first-order chi connectivity index (χ1) is 19.3. The summed E-state index contributed by atoms with van der Waals surface area (Å²) in [6.07, 6.45) is 4.50. The first-order valence-corrected chi connectivity index (χ1v) is 15.0. The van der Waals surface area contributed by atoms with Gasteiger partial charge in [-0.05, 0) is 89.5 Å². The Morgan fingerprint density at radius 2 is 1.15 bits per heavy atom. The molecule has 39 heavy (non-hydrogen) atoms. The van der Waals surface area contributed by atoms with Gasteiger partial charge in [0.2, 0.25) is 0 Å². The van der Waals surface area contributed by atoms with Crippen LogP contribution in [0.4, 0.5) is 11.4 Å². The van der Waals surface area contributed by atoms with E-state index >= 15 is 0 Å². The minimum atomic E-state index is 1.02. The molecule has 0 saturated heterocycles. The second-order valence-electron chi connectivity index (χ2n) is 10.1. The Morgan fingerprint density at radius 3 is 1.95 bits per heavy atom. The molecule has 0 saturated carbocycles. The highest BCUT2D eigenvalue weighted by Gasteiger charge is 2.22. The Bertz CT molecular complexity index is 1970. The summed E-state index contributed by atoms with van der Waals surface area (Å²) in [7, 11) is 0. The van der Waals surface area contributed by atoms with Crippen LogP contribution in [0.1, 0.15) is 16.9 Å². The summed E-state index contributed by atoms with van der Waals surface area (Å²) in [6.45, 7) is 0. The van der Waals surface area contributed by atoms with E-state index in [4.69, 9.17) is 0 Å². The summed E-state index contributed by atoms with van der Waals surface area (Å²) in [5.74, 6) is 0. The monoisotopic (exact) mass is 535 g/mol. The highest BCUT2D eigenvalue weighted by molar-refractivity contribution is 7.25. The fraction of sp³-hybridized carbons (Fsp3) is 0.0556. The van der Waals surface area contributed by atoms with Crippen molar-refractivity contribution in [3.63, 3.8) is 0 Å². The van der Waals surface area contributed by atoms with E-state index in [0.29, 0.717) is 0 Å². The Balaban J connectivity index is 1.21. The third-order valence-corrected chi connectivity index (χ3v) is 10.1. The smallest absolute Gasteiger partial charge is 0.0458 e. The zero-order valence-electron chi connectivity index (χ0n) is 21.3. The standard InChI is InChI=1S/C36H25NS2/c1-3-9-26(10-4-1)37(27-11-5-2-6-12-27)28-17-19-31-30-18-15-25(22-35(30)39-36(31)23-28)24-16-20-34-32(21-24)29-13-7-8-14-33(29)38-34/h1-16,18,20-23H,17,19H2. The van der Waals surface area contributed by atoms with Gasteiger partial charge in [-0.1, -0.05) is 72.8 Å². The number of para-hydroxylation sites is 2. The highest BCUT2D eigenvalue weighted by Crippen LogP contribution is 2.43. The van der Waals surface area contributed by atoms with Crippen molar-refractivity contribution < 1.29 is 0 Å². The molecule has 0 aliphatic heterocycles. The molecule has 2 heterocycles. The largest absolute Gasteiger partial charge is 0.314 e. The van der Waals surface area contributed by atoms with Gasteiger partial charge in [0, 0.05) is 46.8 Å². The minimum Gasteiger partial charge on any atom is -0.314 e. The number of rotatable bonds is 4. The van der Waals surface area contributed by atoms with Gasteiger partial charge in [-0.3, -0.25) is 0 Å². The van der Waals surface area contributed by atoms with Crippen LogP contribution in [-0.4, -0.2) is 0 Å². The quantitative estimate of drug-likeness (QED) is 0.217. The molecular formula is C36H25NS2. The zero-order valence-corrected chi connectivity index (χ0v) is 22.9. The average molecular weight is 536 g/mol. The molecule has 1 aliphatic carbocycles. The molecule has 2 aromatic heterocycles. The Labute approximate surface area is 235 Å². The van der Waals surface area contributed by atoms with Gasteiger partial charge in [-0.25, -0.2) is 0 Å². The highest BCUT2D eigenvalue weighted by atomic mass is 32.1. The van der Waals surface area contributed by atoms with E-state index in [9.17, 15) is 0 Å². The van der Waals surface area contributed by atoms with Gasteiger partial charge in [0.15, 0.2) is 0 Å². The lowest BCUT2D eigenvalue weighted by Gasteiger charge is -2.30. The molecule has 1 aliphatic rings. The number of thiophene rings is 2. The third-order valence-electron chi connectivity index (χ3n) is 7.78. The number of hydrogen-bond donors (Lipinski definition) is 0. The maximum absolute atomic E-state index is 2.42. The van der Waals surface area contributed by atoms with Crippen molar-refractivity contribution in [2.75, 3.05) is 4.90 Å². The maximum Gasteiger partial charge on any atom is 0.0458 e. The van der Waals surface area contributed by atoms with Crippen molar-refractivity contribution >= 4 is 70.4 Å². The molecule has 7 aromatic rings. The Hall–Kier alpha value is -4.18. The van der Waals surface area contributed by atoms with Crippen LogP contribution < -0.4 is 4.90 Å². The normalized spacial score (nSPS) is 13.1. The molecule has 1 nitrogen and oxygen atoms in total. The summed E-state index contributed by atoms with van der Waals surface area (Å²) in [5.41, 5.74) is 7.83. The van der Waals surface area contributed by atoms with Gasteiger partial charge in [0.05, 0.1) is 0 Å². The Kier molecular flexibility index (Phi) is 5.39. The van der Waals surface area contributed by atoms with Crippen molar-refractivity contribution in [3.8, 4) is 11.1 Å². The topological polar surface area (TPSA) is 3.24 Å². The SMILES string of the molecule is C1=C(N(c2ccccc2)c2ccccc2)CCc2c1sc1cc(-c3ccc4sc5ccccc5c4c3)ccc21. The molecule has 0 amide bonds. The van der Waals surface area contributed by atoms with Crippen LogP contribution in [-0.2, 0) is 6.42 Å². The summed E-state index contributed by atoms with van der Waals surface area (Å²) in [4.78, 5) is 3.80. The molecule has 5 aromatic carbocycles. The van der Waals surface area contributed by atoms with Crippen molar-refractivity contribution in [1.82, 2.24) is 0 Å². The molecular weight excluding hydrogens is 511 g/mol. The van der Waals surface area contributed by atoms with Gasteiger partial charge in [0.1, 0.15) is 0 Å². The summed E-state index contributed by atoms with van der Waals surface area (Å²) < 4.78 is 4.08. The van der Waals surface area contributed by atoms with Crippen molar-refractivity contribution in [2.24, 2.45) is 0 Å². The van der Waals surface area contributed by atoms with E-state index in [1.54, 1.807) is 0 Å². The molecule has 186 valence electrons. The molecule has 0 atom stereocenters. The second-order valence-corrected chi connectivity index (χ2v) is 12.3. The van der Waals surface area contributed by atoms with Crippen LogP contribution in [0.2, 0.25) is 0 Å². The lowest BCUT2D eigenvalue weighted by Crippen LogP contribution is -2.18. The maximum atomic E-state index is 2.42. The fourth-order valence-electron chi connectivity index (χ4n) is 5.92. The number of allylic oxidation sites excluding steroid dienone is 1. The van der Waals surface area contributed by atoms with Crippen molar-refractivity contribution in [3.05, 3.63) is 137 Å². The fourth-order valence-corrected chi connectivity index (χ4v) is 8.26. The van der Waals surface area contributed by atoms with E-state index in [1.165, 1.54) is 68.9 Å². The number of benzene rings is 5. The van der Waals surface area contributed by atoms with Gasteiger partial charge >= 0.3 is 0 Å². The number of fused-ring (bicyclic) bond motifs is 6. The third kappa shape index (κ3) is 3.89. The molecule has 0 radical (unpaired) electrons. The first kappa shape index (κ1) is 22.8. The van der Waals surface area contributed by atoms with E-state index in [0.717, 1.165) is 12.8 Å². The van der Waals surface area contributed by atoms with E-state index < -0.39 is 0 Å². The van der Waals surface area contributed by atoms with Crippen LogP contribution in [0.3, 0.4) is 0 Å². The first-order valence-electron chi connectivity index (χ1n) is 13.4. The van der Waals surface area contributed by atoms with E-state index in [2.05, 4.69) is 132 Å². The lowest BCUT2D eigenvalue weighted by molar-refractivity contribution is 0.906. The van der Waals surface area contributed by atoms with Gasteiger partial charge in [0.25, 0.3) is 0 Å². The molecule has 0 unspecified atom stereocenters. The van der Waals surface area contributed by atoms with E-state index in [-0.39, 0.29) is 0 Å². The molecule has 0 fully saturated rings. The van der Waals surface area contributed by atoms with Gasteiger partial charge in [-0.15, -0.1) is 22.7 Å². The second kappa shape index (κ2) is 9.23. The van der Waals surface area contributed by atoms with Crippen LogP contribution in [0.5, 0.6) is 0 Å². The van der Waals surface area contributed by atoms with Crippen molar-refractivity contribution in [1.29, 1.82) is 0 Å². The van der Waals surface area contributed by atoms with Gasteiger partial charge < -0.3 is 4.90 Å². The molecule has 0 N–H and O–H groups in total. The molecule has 3 heteroatoms. The van der Waals surface area contributed by atoms with Crippen LogP contribution in [0.15, 0.2) is 127 Å². The average Bonchev–Trinajstić information content (AvgIpc) is 3.55. The predicted octanol–water partition coefficient (Wildman–Crippen LogP) is 11.1. The minimum absolute atomic E-state index is 1.02. The van der Waals surface area contributed by atoms with Crippen molar-refractivity contribution in [2.45, 2.75) is 12.8 Å². The van der Waals surface area contributed by atoms with E-state index in [1.807, 2.05) is 22.7 Å². The zero-order chi connectivity index (χ0) is 25.8. The predicted molar refractivity (Wildman–Crippen MR) is 171 cm³/mol. The Morgan fingerprint density at radius 1 is 0.487 bits per heavy atom. The summed E-state index contributed by atoms with van der Waals surface area (Å²) >= 11 is 3.80.